The zero-order chi connectivity index (χ0) is 20.9. The molecular weight excluding hydrogens is 386 g/mol. The van der Waals surface area contributed by atoms with Gasteiger partial charge in [0.15, 0.2) is 0 Å². The van der Waals surface area contributed by atoms with Crippen molar-refractivity contribution in [2.45, 2.75) is 38.3 Å². The number of sulfonamides is 1. The van der Waals surface area contributed by atoms with E-state index in [1.54, 1.807) is 4.90 Å². The quantitative estimate of drug-likeness (QED) is 0.761. The van der Waals surface area contributed by atoms with Crippen LogP contribution in [0.3, 0.4) is 0 Å². The van der Waals surface area contributed by atoms with Crippen LogP contribution in [0.5, 0.6) is 0 Å². The summed E-state index contributed by atoms with van der Waals surface area (Å²) in [5.74, 6) is 0. The fraction of sp³-hybridized carbons (Fsp3) is 0.409. The fourth-order valence-electron chi connectivity index (χ4n) is 3.98. The number of rotatable bonds is 6. The van der Waals surface area contributed by atoms with Crippen LogP contribution in [-0.4, -0.2) is 50.8 Å². The molecule has 0 radical (unpaired) electrons. The fourth-order valence-corrected chi connectivity index (χ4v) is 4.80. The minimum Gasteiger partial charge on any atom is -0.338 e. The molecule has 1 heterocycles. The number of nitrogens with zero attached hydrogens (tertiary/aromatic N) is 1. The van der Waals surface area contributed by atoms with Crippen molar-refractivity contribution < 1.29 is 13.2 Å². The van der Waals surface area contributed by atoms with Crippen molar-refractivity contribution in [3.63, 3.8) is 0 Å². The summed E-state index contributed by atoms with van der Waals surface area (Å²) < 4.78 is 26.6. The summed E-state index contributed by atoms with van der Waals surface area (Å²) in [6.07, 6.45) is 3.24. The molecule has 2 amide bonds. The highest BCUT2D eigenvalue weighted by Gasteiger charge is 2.35. The van der Waals surface area contributed by atoms with E-state index >= 15 is 0 Å². The Morgan fingerprint density at radius 3 is 2.52 bits per heavy atom. The van der Waals surface area contributed by atoms with Crippen molar-refractivity contribution >= 4 is 16.1 Å². The number of hydrogen-bond donors (Lipinski definition) is 2. The number of carbonyl (C=O) groups is 1. The van der Waals surface area contributed by atoms with E-state index < -0.39 is 10.0 Å². The Labute approximate surface area is 173 Å². The Balaban J connectivity index is 1.89. The van der Waals surface area contributed by atoms with Crippen LogP contribution in [0.25, 0.3) is 11.1 Å². The Bertz CT molecular complexity index is 931. The van der Waals surface area contributed by atoms with Gasteiger partial charge >= 0.3 is 6.03 Å². The third-order valence-electron chi connectivity index (χ3n) is 5.21. The molecule has 0 aromatic heterocycles. The summed E-state index contributed by atoms with van der Waals surface area (Å²) in [5, 5.41) is 2.86. The van der Waals surface area contributed by atoms with Crippen LogP contribution in [-0.2, 0) is 16.4 Å². The molecule has 1 saturated heterocycles. The van der Waals surface area contributed by atoms with Gasteiger partial charge in [-0.1, -0.05) is 54.6 Å². The van der Waals surface area contributed by atoms with Crippen LogP contribution in [0.15, 0.2) is 54.6 Å². The smallest absolute Gasteiger partial charge is 0.317 e. The highest BCUT2D eigenvalue weighted by molar-refractivity contribution is 7.88. The van der Waals surface area contributed by atoms with Crippen LogP contribution in [0.1, 0.15) is 25.3 Å². The highest BCUT2D eigenvalue weighted by atomic mass is 32.2. The standard InChI is InChI=1S/C22H29N3O3S/c1-3-23-22(26)25-14-8-13-20(24-29(2,27)28)21(25)16-17-9-7-12-19(15-17)18-10-5-4-6-11-18/h4-7,9-12,15,20-21,24H,3,8,13-14,16H2,1-2H3,(H,23,26)/t20-,21-/m0/s1. The molecule has 2 aromatic rings. The van der Waals surface area contributed by atoms with Crippen LogP contribution >= 0.6 is 0 Å². The number of nitrogens with one attached hydrogen (secondary N) is 2. The summed E-state index contributed by atoms with van der Waals surface area (Å²) in [6.45, 7) is 3.04. The minimum absolute atomic E-state index is 0.142. The lowest BCUT2D eigenvalue weighted by atomic mass is 9.90. The van der Waals surface area contributed by atoms with Crippen molar-refractivity contribution in [1.29, 1.82) is 0 Å². The second-order valence-corrected chi connectivity index (χ2v) is 9.29. The number of piperidine rings is 1. The Morgan fingerprint density at radius 1 is 1.10 bits per heavy atom. The first kappa shape index (κ1) is 21.3. The monoisotopic (exact) mass is 415 g/mol. The van der Waals surface area contributed by atoms with Gasteiger partial charge < -0.3 is 10.2 Å². The number of carbonyl (C=O) groups excluding carboxylic acids is 1. The first-order valence-corrected chi connectivity index (χ1v) is 11.9. The van der Waals surface area contributed by atoms with E-state index in [-0.39, 0.29) is 18.1 Å². The number of amides is 2. The largest absolute Gasteiger partial charge is 0.338 e. The molecule has 0 unspecified atom stereocenters. The SMILES string of the molecule is CCNC(=O)N1CCC[C@H](NS(C)(=O)=O)[C@@H]1Cc1cccc(-c2ccccc2)c1. The average Bonchev–Trinajstić information content (AvgIpc) is 2.69. The molecule has 1 aliphatic rings. The van der Waals surface area contributed by atoms with E-state index in [0.29, 0.717) is 25.9 Å². The molecule has 7 heteroatoms. The first-order valence-electron chi connectivity index (χ1n) is 10.0. The number of benzene rings is 2. The molecule has 2 N–H and O–H groups in total. The normalized spacial score (nSPS) is 19.7. The summed E-state index contributed by atoms with van der Waals surface area (Å²) in [5.41, 5.74) is 3.31. The van der Waals surface area contributed by atoms with E-state index in [1.807, 2.05) is 37.3 Å². The number of hydrogen-bond acceptors (Lipinski definition) is 3. The molecule has 0 spiro atoms. The third kappa shape index (κ3) is 5.81. The molecule has 156 valence electrons. The van der Waals surface area contributed by atoms with E-state index in [4.69, 9.17) is 0 Å². The second-order valence-electron chi connectivity index (χ2n) is 7.51. The number of likely N-dealkylation sites (tertiary alicyclic amines) is 1. The van der Waals surface area contributed by atoms with Crippen molar-refractivity contribution in [2.75, 3.05) is 19.3 Å². The highest BCUT2D eigenvalue weighted by Crippen LogP contribution is 2.25. The summed E-state index contributed by atoms with van der Waals surface area (Å²) in [7, 11) is -3.37. The molecule has 1 fully saturated rings. The summed E-state index contributed by atoms with van der Waals surface area (Å²) >= 11 is 0. The molecule has 2 aromatic carbocycles. The van der Waals surface area contributed by atoms with Crippen LogP contribution < -0.4 is 10.0 Å². The number of urea groups is 1. The molecule has 29 heavy (non-hydrogen) atoms. The maximum absolute atomic E-state index is 12.6. The average molecular weight is 416 g/mol. The van der Waals surface area contributed by atoms with Crippen molar-refractivity contribution in [1.82, 2.24) is 14.9 Å². The van der Waals surface area contributed by atoms with E-state index in [2.05, 4.69) is 34.3 Å². The maximum atomic E-state index is 12.6. The Hall–Kier alpha value is -2.38. The van der Waals surface area contributed by atoms with Crippen molar-refractivity contribution in [2.24, 2.45) is 0 Å². The topological polar surface area (TPSA) is 78.5 Å². The van der Waals surface area contributed by atoms with Gasteiger partial charge in [-0.25, -0.2) is 17.9 Å². The Kier molecular flexibility index (Phi) is 6.92. The van der Waals surface area contributed by atoms with Crippen molar-refractivity contribution in [3.8, 4) is 11.1 Å². The van der Waals surface area contributed by atoms with Gasteiger partial charge in [-0.15, -0.1) is 0 Å². The van der Waals surface area contributed by atoms with Crippen molar-refractivity contribution in [3.05, 3.63) is 60.2 Å². The molecule has 0 saturated carbocycles. The molecule has 6 nitrogen and oxygen atoms in total. The molecule has 0 aliphatic carbocycles. The Morgan fingerprint density at radius 2 is 1.83 bits per heavy atom. The first-order chi connectivity index (χ1) is 13.9. The van der Waals surface area contributed by atoms with Gasteiger partial charge in [0.1, 0.15) is 0 Å². The predicted molar refractivity (Wildman–Crippen MR) is 116 cm³/mol. The van der Waals surface area contributed by atoms with Gasteiger partial charge in [0.2, 0.25) is 10.0 Å². The van der Waals surface area contributed by atoms with Crippen LogP contribution in [0.4, 0.5) is 4.79 Å². The predicted octanol–water partition coefficient (Wildman–Crippen LogP) is 3.01. The summed E-state index contributed by atoms with van der Waals surface area (Å²) in [6, 6.07) is 17.7. The van der Waals surface area contributed by atoms with E-state index in [9.17, 15) is 13.2 Å². The molecule has 1 aliphatic heterocycles. The maximum Gasteiger partial charge on any atom is 0.317 e. The van der Waals surface area contributed by atoms with Gasteiger partial charge in [0.05, 0.1) is 12.3 Å². The zero-order valence-corrected chi connectivity index (χ0v) is 17.8. The molecular formula is C22H29N3O3S. The van der Waals surface area contributed by atoms with Crippen LogP contribution in [0.2, 0.25) is 0 Å². The van der Waals surface area contributed by atoms with Gasteiger partial charge in [-0.3, -0.25) is 0 Å². The minimum atomic E-state index is -3.37. The second kappa shape index (κ2) is 9.41. The lowest BCUT2D eigenvalue weighted by Gasteiger charge is -2.41. The third-order valence-corrected chi connectivity index (χ3v) is 5.94. The van der Waals surface area contributed by atoms with Gasteiger partial charge in [-0.2, -0.15) is 0 Å². The molecule has 0 bridgehead atoms. The van der Waals surface area contributed by atoms with Gasteiger partial charge in [0, 0.05) is 19.1 Å². The van der Waals surface area contributed by atoms with E-state index in [1.165, 1.54) is 6.26 Å². The lowest BCUT2D eigenvalue weighted by Crippen LogP contribution is -2.59. The van der Waals surface area contributed by atoms with Gasteiger partial charge in [0.25, 0.3) is 0 Å². The molecule has 3 rings (SSSR count). The molecule has 2 atom stereocenters. The zero-order valence-electron chi connectivity index (χ0n) is 17.0. The van der Waals surface area contributed by atoms with E-state index in [0.717, 1.165) is 23.1 Å². The van der Waals surface area contributed by atoms with Gasteiger partial charge in [-0.05, 0) is 42.9 Å². The summed E-state index contributed by atoms with van der Waals surface area (Å²) in [4.78, 5) is 14.4. The van der Waals surface area contributed by atoms with Crippen LogP contribution in [0, 0.1) is 0 Å². The lowest BCUT2D eigenvalue weighted by molar-refractivity contribution is 0.134.